The minimum absolute atomic E-state index is 0.130. The second kappa shape index (κ2) is 7.19. The van der Waals surface area contributed by atoms with Crippen LogP contribution in [0, 0.1) is 22.7 Å². The van der Waals surface area contributed by atoms with E-state index in [0.29, 0.717) is 32.1 Å². The van der Waals surface area contributed by atoms with Gasteiger partial charge in [-0.3, -0.25) is 9.00 Å². The largest absolute Gasteiger partial charge is 0.472 e. The summed E-state index contributed by atoms with van der Waals surface area (Å²) in [5.74, 6) is -1.40. The summed E-state index contributed by atoms with van der Waals surface area (Å²) in [6.45, 7) is 3.98. The van der Waals surface area contributed by atoms with Crippen molar-refractivity contribution in [2.24, 2.45) is 22.7 Å². The van der Waals surface area contributed by atoms with E-state index in [9.17, 15) is 18.9 Å². The Morgan fingerprint density at radius 2 is 2.03 bits per heavy atom. The number of hydrogen-bond acceptors (Lipinski definition) is 7. The highest BCUT2D eigenvalue weighted by molar-refractivity contribution is 7.85. The van der Waals surface area contributed by atoms with Crippen LogP contribution < -0.4 is 0 Å². The molecule has 166 valence electrons. The van der Waals surface area contributed by atoms with Gasteiger partial charge in [-0.25, -0.2) is 4.79 Å². The molecule has 2 saturated carbocycles. The van der Waals surface area contributed by atoms with Gasteiger partial charge < -0.3 is 19.0 Å². The first kappa shape index (κ1) is 21.6. The van der Waals surface area contributed by atoms with Gasteiger partial charge in [0.15, 0.2) is 5.60 Å². The highest BCUT2D eigenvalue weighted by Gasteiger charge is 2.71. The van der Waals surface area contributed by atoms with Crippen molar-refractivity contribution in [3.05, 3.63) is 24.2 Å². The number of furan rings is 1. The molecule has 1 aromatic heterocycles. The van der Waals surface area contributed by atoms with Crippen LogP contribution in [-0.4, -0.2) is 45.5 Å². The Morgan fingerprint density at radius 1 is 1.30 bits per heavy atom. The number of carbonyl (C=O) groups is 2. The monoisotopic (exact) mass is 438 g/mol. The molecule has 3 fully saturated rings. The van der Waals surface area contributed by atoms with Crippen molar-refractivity contribution in [1.82, 2.24) is 0 Å². The molecule has 2 aliphatic carbocycles. The van der Waals surface area contributed by atoms with Crippen molar-refractivity contribution >= 4 is 22.7 Å². The second-order valence-corrected chi connectivity index (χ2v) is 11.1. The van der Waals surface area contributed by atoms with E-state index in [1.807, 2.05) is 6.92 Å². The number of rotatable bonds is 3. The summed E-state index contributed by atoms with van der Waals surface area (Å²) in [7, 11) is -0.148. The third kappa shape index (κ3) is 2.75. The van der Waals surface area contributed by atoms with Crippen LogP contribution in [-0.2, 0) is 29.9 Å². The van der Waals surface area contributed by atoms with Gasteiger partial charge in [-0.15, -0.1) is 0 Å². The number of hydrogen-bond donors (Lipinski definition) is 1. The van der Waals surface area contributed by atoms with E-state index in [-0.39, 0.29) is 17.8 Å². The van der Waals surface area contributed by atoms with Crippen molar-refractivity contribution in [2.75, 3.05) is 13.4 Å². The Bertz CT molecular complexity index is 867. The summed E-state index contributed by atoms with van der Waals surface area (Å²) >= 11 is 0. The summed E-state index contributed by atoms with van der Waals surface area (Å²) in [6, 6.07) is 1.80. The summed E-state index contributed by atoms with van der Waals surface area (Å²) in [5, 5.41) is 11.1. The minimum Gasteiger partial charge on any atom is -0.472 e. The van der Waals surface area contributed by atoms with Gasteiger partial charge in [-0.2, -0.15) is 0 Å². The Hall–Kier alpha value is -1.67. The van der Waals surface area contributed by atoms with Crippen LogP contribution in [0.3, 0.4) is 0 Å². The standard InChI is InChI=1S/C22H30O7S/c1-20-11-15(13-8-10-28-12-13)29-18(23)14(20)7-9-21(2)16(20)5-6-17(30(4)26)22(21,25)19(24)27-3/h8,10,12,14-17,25H,5-7,9,11H2,1-4H3/t14-,15-,16-,17-,20+,21+,22-,30+/m0/s1. The molecule has 1 N–H and O–H groups in total. The van der Waals surface area contributed by atoms with E-state index in [2.05, 4.69) is 6.92 Å². The molecule has 0 aromatic carbocycles. The Morgan fingerprint density at radius 3 is 2.63 bits per heavy atom. The number of cyclic esters (lactones) is 1. The average molecular weight is 439 g/mol. The van der Waals surface area contributed by atoms with Crippen molar-refractivity contribution < 1.29 is 32.8 Å². The Balaban J connectivity index is 1.79. The number of fused-ring (bicyclic) bond motifs is 3. The van der Waals surface area contributed by atoms with Crippen molar-refractivity contribution in [1.29, 1.82) is 0 Å². The molecule has 1 saturated heterocycles. The molecule has 0 unspecified atom stereocenters. The maximum Gasteiger partial charge on any atom is 0.339 e. The lowest BCUT2D eigenvalue weighted by Crippen LogP contribution is -2.71. The van der Waals surface area contributed by atoms with Crippen molar-refractivity contribution in [3.8, 4) is 0 Å². The summed E-state index contributed by atoms with van der Waals surface area (Å²) in [5.41, 5.74) is -2.41. The predicted molar refractivity (Wildman–Crippen MR) is 109 cm³/mol. The summed E-state index contributed by atoms with van der Waals surface area (Å²) < 4.78 is 28.5. The third-order valence-corrected chi connectivity index (χ3v) is 9.73. The van der Waals surface area contributed by atoms with Gasteiger partial charge >= 0.3 is 11.9 Å². The highest BCUT2D eigenvalue weighted by Crippen LogP contribution is 2.67. The zero-order valence-electron chi connectivity index (χ0n) is 17.9. The van der Waals surface area contributed by atoms with Crippen LogP contribution in [0.4, 0.5) is 0 Å². The van der Waals surface area contributed by atoms with E-state index in [4.69, 9.17) is 13.9 Å². The molecule has 1 aromatic rings. The van der Waals surface area contributed by atoms with Gasteiger partial charge in [0.25, 0.3) is 0 Å². The summed E-state index contributed by atoms with van der Waals surface area (Å²) in [6.07, 6.45) is 6.91. The molecular formula is C22H30O7S. The quantitative estimate of drug-likeness (QED) is 0.724. The zero-order chi connectivity index (χ0) is 21.9. The lowest BCUT2D eigenvalue weighted by Gasteiger charge is -2.64. The fourth-order valence-corrected chi connectivity index (χ4v) is 8.14. The van der Waals surface area contributed by atoms with E-state index in [1.54, 1.807) is 18.6 Å². The third-order valence-electron chi connectivity index (χ3n) is 8.35. The first-order chi connectivity index (χ1) is 14.1. The normalized spacial score (nSPS) is 44.4. The lowest BCUT2D eigenvalue weighted by atomic mass is 9.42. The zero-order valence-corrected chi connectivity index (χ0v) is 18.7. The van der Waals surface area contributed by atoms with Crippen molar-refractivity contribution in [3.63, 3.8) is 0 Å². The minimum atomic E-state index is -1.87. The van der Waals surface area contributed by atoms with Crippen LogP contribution >= 0.6 is 0 Å². The van der Waals surface area contributed by atoms with Gasteiger partial charge in [-0.1, -0.05) is 13.8 Å². The molecule has 8 heteroatoms. The fourth-order valence-electron chi connectivity index (χ4n) is 6.82. The molecule has 30 heavy (non-hydrogen) atoms. The maximum absolute atomic E-state index is 13.0. The molecule has 7 nitrogen and oxygen atoms in total. The van der Waals surface area contributed by atoms with E-state index >= 15 is 0 Å². The topological polar surface area (TPSA) is 103 Å². The lowest BCUT2D eigenvalue weighted by molar-refractivity contribution is -0.234. The van der Waals surface area contributed by atoms with E-state index in [0.717, 1.165) is 5.56 Å². The first-order valence-corrected chi connectivity index (χ1v) is 12.1. The van der Waals surface area contributed by atoms with Gasteiger partial charge in [0.2, 0.25) is 0 Å². The highest BCUT2D eigenvalue weighted by atomic mass is 32.2. The van der Waals surface area contributed by atoms with Crippen LogP contribution in [0.1, 0.15) is 57.6 Å². The smallest absolute Gasteiger partial charge is 0.339 e. The van der Waals surface area contributed by atoms with Crippen LogP contribution in [0.2, 0.25) is 0 Å². The number of carbonyl (C=O) groups excluding carboxylic acids is 2. The van der Waals surface area contributed by atoms with Gasteiger partial charge in [0.05, 0.1) is 30.8 Å². The molecule has 0 radical (unpaired) electrons. The molecule has 2 heterocycles. The number of ether oxygens (including phenoxy) is 2. The molecule has 0 spiro atoms. The first-order valence-electron chi connectivity index (χ1n) is 10.4. The molecule has 4 rings (SSSR count). The molecule has 3 aliphatic rings. The van der Waals surface area contributed by atoms with Gasteiger partial charge in [-0.05, 0) is 49.5 Å². The number of esters is 2. The molecule has 8 atom stereocenters. The van der Waals surface area contributed by atoms with Crippen molar-refractivity contribution in [2.45, 2.75) is 62.9 Å². The van der Waals surface area contributed by atoms with Gasteiger partial charge in [0.1, 0.15) is 6.10 Å². The van der Waals surface area contributed by atoms with Crippen LogP contribution in [0.25, 0.3) is 0 Å². The van der Waals surface area contributed by atoms with E-state index < -0.39 is 44.6 Å². The molecule has 0 amide bonds. The molecule has 0 bridgehead atoms. The number of methoxy groups -OCH3 is 1. The molecular weight excluding hydrogens is 408 g/mol. The Kier molecular flexibility index (Phi) is 5.17. The molecule has 1 aliphatic heterocycles. The van der Waals surface area contributed by atoms with Gasteiger partial charge in [0, 0.05) is 28.0 Å². The van der Waals surface area contributed by atoms with Crippen LogP contribution in [0.5, 0.6) is 0 Å². The van der Waals surface area contributed by atoms with E-state index in [1.165, 1.54) is 13.4 Å². The van der Waals surface area contributed by atoms with Crippen LogP contribution in [0.15, 0.2) is 23.0 Å². The summed E-state index contributed by atoms with van der Waals surface area (Å²) in [4.78, 5) is 25.9. The second-order valence-electron chi connectivity index (χ2n) is 9.58. The Labute approximate surface area is 178 Å². The number of aliphatic hydroxyl groups is 1. The maximum atomic E-state index is 13.0. The fraction of sp³-hybridized carbons (Fsp3) is 0.727. The SMILES string of the molecule is COC(=O)[C@@]1(O)[C@@H]([S@@](C)=O)CC[C@H]2[C@]3(C)C[C@@H](c4ccoc4)OC(=O)[C@@H]3CC[C@]21C. The predicted octanol–water partition coefficient (Wildman–Crippen LogP) is 2.75. The average Bonchev–Trinajstić information content (AvgIpc) is 3.22.